The van der Waals surface area contributed by atoms with Crippen molar-refractivity contribution in [1.82, 2.24) is 0 Å². The van der Waals surface area contributed by atoms with E-state index >= 15 is 0 Å². The van der Waals surface area contributed by atoms with Crippen molar-refractivity contribution < 1.29 is 19.0 Å². The second-order valence-corrected chi connectivity index (χ2v) is 4.18. The lowest BCUT2D eigenvalue weighted by atomic mass is 10.2. The van der Waals surface area contributed by atoms with E-state index < -0.39 is 17.3 Å². The summed E-state index contributed by atoms with van der Waals surface area (Å²) in [4.78, 5) is 11.0. The van der Waals surface area contributed by atoms with Gasteiger partial charge in [-0.05, 0) is 30.3 Å². The molecule has 0 aliphatic heterocycles. The average molecular weight is 292 g/mol. The molecule has 0 bridgehead atoms. The van der Waals surface area contributed by atoms with Crippen molar-refractivity contribution in [2.24, 2.45) is 0 Å². The molecule has 100 valence electrons. The van der Waals surface area contributed by atoms with Crippen molar-refractivity contribution in [3.63, 3.8) is 0 Å². The van der Waals surface area contributed by atoms with Gasteiger partial charge < -0.3 is 9.84 Å². The number of nitriles is 1. The lowest BCUT2D eigenvalue weighted by Crippen LogP contribution is -2.03. The molecule has 0 aliphatic carbocycles. The Labute approximate surface area is 118 Å². The third-order valence-corrected chi connectivity index (χ3v) is 2.77. The third kappa shape index (κ3) is 2.71. The van der Waals surface area contributed by atoms with E-state index in [0.29, 0.717) is 5.56 Å². The smallest absolute Gasteiger partial charge is 0.342 e. The van der Waals surface area contributed by atoms with Crippen LogP contribution in [0.2, 0.25) is 5.02 Å². The molecule has 0 fully saturated rings. The van der Waals surface area contributed by atoms with Crippen LogP contribution in [0.4, 0.5) is 4.39 Å². The highest BCUT2D eigenvalue weighted by Crippen LogP contribution is 2.32. The number of carbonyl (C=O) groups is 1. The Morgan fingerprint density at radius 1 is 1.30 bits per heavy atom. The minimum absolute atomic E-state index is 0.129. The van der Waals surface area contributed by atoms with Gasteiger partial charge in [-0.2, -0.15) is 5.26 Å². The zero-order chi connectivity index (χ0) is 14.7. The highest BCUT2D eigenvalue weighted by atomic mass is 35.5. The zero-order valence-electron chi connectivity index (χ0n) is 9.93. The first-order chi connectivity index (χ1) is 9.52. The number of rotatable bonds is 3. The summed E-state index contributed by atoms with van der Waals surface area (Å²) >= 11 is 5.91. The Hall–Kier alpha value is -2.58. The Bertz CT molecular complexity index is 725. The molecule has 2 aromatic carbocycles. The minimum Gasteiger partial charge on any atom is -0.477 e. The van der Waals surface area contributed by atoms with Gasteiger partial charge in [0.15, 0.2) is 0 Å². The summed E-state index contributed by atoms with van der Waals surface area (Å²) in [5.41, 5.74) is -0.243. The standard InChI is InChI=1S/C14H7ClFNO3/c15-9-6-8(7-17)4-5-11(9)20-12-3-1-2-10(16)13(12)14(18)19/h1-6H,(H,18,19). The third-order valence-electron chi connectivity index (χ3n) is 2.47. The first-order valence-electron chi connectivity index (χ1n) is 5.42. The maximum atomic E-state index is 13.5. The number of benzene rings is 2. The van der Waals surface area contributed by atoms with Crippen LogP contribution in [0.3, 0.4) is 0 Å². The van der Waals surface area contributed by atoms with Gasteiger partial charge in [0, 0.05) is 0 Å². The molecule has 0 radical (unpaired) electrons. The van der Waals surface area contributed by atoms with E-state index in [9.17, 15) is 9.18 Å². The van der Waals surface area contributed by atoms with E-state index in [4.69, 9.17) is 26.7 Å². The first-order valence-corrected chi connectivity index (χ1v) is 5.80. The van der Waals surface area contributed by atoms with Crippen LogP contribution in [0.5, 0.6) is 11.5 Å². The van der Waals surface area contributed by atoms with E-state index in [1.54, 1.807) is 0 Å². The van der Waals surface area contributed by atoms with Gasteiger partial charge in [-0.3, -0.25) is 0 Å². The minimum atomic E-state index is -1.44. The molecule has 4 nitrogen and oxygen atoms in total. The van der Waals surface area contributed by atoms with Crippen LogP contribution in [-0.2, 0) is 0 Å². The molecule has 0 aromatic heterocycles. The molecular weight excluding hydrogens is 285 g/mol. The molecule has 6 heteroatoms. The molecule has 0 aliphatic rings. The number of hydrogen-bond acceptors (Lipinski definition) is 3. The maximum Gasteiger partial charge on any atom is 0.342 e. The lowest BCUT2D eigenvalue weighted by Gasteiger charge is -2.10. The highest BCUT2D eigenvalue weighted by molar-refractivity contribution is 6.32. The quantitative estimate of drug-likeness (QED) is 0.932. The van der Waals surface area contributed by atoms with Gasteiger partial charge in [0.1, 0.15) is 22.9 Å². The molecule has 20 heavy (non-hydrogen) atoms. The normalized spacial score (nSPS) is 9.85. The van der Waals surface area contributed by atoms with Gasteiger partial charge in [-0.1, -0.05) is 17.7 Å². The van der Waals surface area contributed by atoms with E-state index in [1.807, 2.05) is 6.07 Å². The molecular formula is C14H7ClFNO3. The molecule has 0 heterocycles. The van der Waals surface area contributed by atoms with E-state index in [2.05, 4.69) is 0 Å². The Morgan fingerprint density at radius 3 is 2.65 bits per heavy atom. The van der Waals surface area contributed by atoms with E-state index in [-0.39, 0.29) is 16.5 Å². The summed E-state index contributed by atoms with van der Waals surface area (Å²) in [6.45, 7) is 0. The number of nitrogens with zero attached hydrogens (tertiary/aromatic N) is 1. The first kappa shape index (κ1) is 13.8. The van der Waals surface area contributed by atoms with Crippen molar-refractivity contribution >= 4 is 17.6 Å². The van der Waals surface area contributed by atoms with Crippen molar-refractivity contribution in [3.8, 4) is 17.6 Å². The van der Waals surface area contributed by atoms with Crippen molar-refractivity contribution in [3.05, 3.63) is 58.4 Å². The fraction of sp³-hybridized carbons (Fsp3) is 0. The van der Waals surface area contributed by atoms with Crippen molar-refractivity contribution in [2.45, 2.75) is 0 Å². The van der Waals surface area contributed by atoms with Crippen LogP contribution in [0.15, 0.2) is 36.4 Å². The summed E-state index contributed by atoms with van der Waals surface area (Å²) < 4.78 is 18.8. The predicted molar refractivity (Wildman–Crippen MR) is 69.6 cm³/mol. The number of aromatic carboxylic acids is 1. The second-order valence-electron chi connectivity index (χ2n) is 3.78. The number of halogens is 2. The molecule has 0 spiro atoms. The molecule has 2 aromatic rings. The molecule has 0 saturated heterocycles. The Kier molecular flexibility index (Phi) is 3.87. The van der Waals surface area contributed by atoms with Crippen LogP contribution >= 0.6 is 11.6 Å². The van der Waals surface area contributed by atoms with E-state index in [0.717, 1.165) is 6.07 Å². The summed E-state index contributed by atoms with van der Waals surface area (Å²) in [5.74, 6) is -2.37. The number of carboxylic acid groups (broad SMARTS) is 1. The SMILES string of the molecule is N#Cc1ccc(Oc2cccc(F)c2C(=O)O)c(Cl)c1. The summed E-state index contributed by atoms with van der Waals surface area (Å²) in [7, 11) is 0. The molecule has 0 unspecified atom stereocenters. The summed E-state index contributed by atoms with van der Waals surface area (Å²) in [6.07, 6.45) is 0. The van der Waals surface area contributed by atoms with Gasteiger partial charge >= 0.3 is 5.97 Å². The van der Waals surface area contributed by atoms with Crippen LogP contribution in [0, 0.1) is 17.1 Å². The van der Waals surface area contributed by atoms with Crippen molar-refractivity contribution in [2.75, 3.05) is 0 Å². The van der Waals surface area contributed by atoms with E-state index in [1.165, 1.54) is 30.3 Å². The monoisotopic (exact) mass is 291 g/mol. The zero-order valence-corrected chi connectivity index (χ0v) is 10.7. The molecule has 0 amide bonds. The molecule has 1 N–H and O–H groups in total. The Balaban J connectivity index is 2.43. The maximum absolute atomic E-state index is 13.5. The highest BCUT2D eigenvalue weighted by Gasteiger charge is 2.18. The largest absolute Gasteiger partial charge is 0.477 e. The molecule has 0 saturated carbocycles. The van der Waals surface area contributed by atoms with Crippen LogP contribution in [-0.4, -0.2) is 11.1 Å². The van der Waals surface area contributed by atoms with Gasteiger partial charge in [0.25, 0.3) is 0 Å². The van der Waals surface area contributed by atoms with Gasteiger partial charge in [0.05, 0.1) is 16.7 Å². The topological polar surface area (TPSA) is 70.3 Å². The van der Waals surface area contributed by atoms with Gasteiger partial charge in [0.2, 0.25) is 0 Å². The average Bonchev–Trinajstić information content (AvgIpc) is 2.40. The van der Waals surface area contributed by atoms with Gasteiger partial charge in [-0.15, -0.1) is 0 Å². The number of ether oxygens (including phenoxy) is 1. The summed E-state index contributed by atoms with van der Waals surface area (Å²) in [6, 6.07) is 9.82. The van der Waals surface area contributed by atoms with Gasteiger partial charge in [-0.25, -0.2) is 9.18 Å². The fourth-order valence-corrected chi connectivity index (χ4v) is 1.79. The summed E-state index contributed by atoms with van der Waals surface area (Å²) in [5, 5.41) is 17.8. The van der Waals surface area contributed by atoms with Crippen LogP contribution in [0.1, 0.15) is 15.9 Å². The van der Waals surface area contributed by atoms with Crippen molar-refractivity contribution in [1.29, 1.82) is 5.26 Å². The Morgan fingerprint density at radius 2 is 2.05 bits per heavy atom. The fourth-order valence-electron chi connectivity index (χ4n) is 1.57. The van der Waals surface area contributed by atoms with Crippen LogP contribution in [0.25, 0.3) is 0 Å². The second kappa shape index (κ2) is 5.59. The lowest BCUT2D eigenvalue weighted by molar-refractivity contribution is 0.0689. The number of carboxylic acids is 1. The predicted octanol–water partition coefficient (Wildman–Crippen LogP) is 3.84. The number of hydrogen-bond donors (Lipinski definition) is 1. The van der Waals surface area contributed by atoms with Crippen LogP contribution < -0.4 is 4.74 Å². The molecule has 0 atom stereocenters. The molecule has 2 rings (SSSR count).